The van der Waals surface area contributed by atoms with Crippen LogP contribution in [0.25, 0.3) is 0 Å². The number of nitrogens with zero attached hydrogens (tertiary/aromatic N) is 1. The molecular weight excluding hydrogens is 148 g/mol. The lowest BCUT2D eigenvalue weighted by Gasteiger charge is -2.35. The van der Waals surface area contributed by atoms with Crippen LogP contribution in [0.3, 0.4) is 0 Å². The Morgan fingerprint density at radius 2 is 1.50 bits per heavy atom. The van der Waals surface area contributed by atoms with E-state index in [1.807, 2.05) is 13.8 Å². The van der Waals surface area contributed by atoms with Crippen molar-refractivity contribution in [3.8, 4) is 0 Å². The largest absolute Gasteiger partial charge is 0.298 e. The molecule has 0 unspecified atom stereocenters. The van der Waals surface area contributed by atoms with Gasteiger partial charge in [-0.25, -0.2) is 0 Å². The van der Waals surface area contributed by atoms with Crippen molar-refractivity contribution in [1.82, 2.24) is 10.2 Å². The van der Waals surface area contributed by atoms with Crippen molar-refractivity contribution in [2.24, 2.45) is 0 Å². The van der Waals surface area contributed by atoms with E-state index in [0.29, 0.717) is 5.54 Å². The summed E-state index contributed by atoms with van der Waals surface area (Å²) in [5, 5.41) is 3.46. The number of hydrogen-bond donors (Lipinski definition) is 1. The van der Waals surface area contributed by atoms with E-state index in [0.717, 1.165) is 6.54 Å². The monoisotopic (exact) mass is 172 g/mol. The Bertz CT molecular complexity index is 123. The molecule has 0 aromatic rings. The topological polar surface area (TPSA) is 15.3 Å². The Labute approximate surface area is 77.3 Å². The highest BCUT2D eigenvalue weighted by atomic mass is 15.4. The maximum atomic E-state index is 3.46. The van der Waals surface area contributed by atoms with E-state index in [1.54, 1.807) is 0 Å². The number of nitrogens with one attached hydrogen (secondary N) is 1. The van der Waals surface area contributed by atoms with Gasteiger partial charge in [0.25, 0.3) is 0 Å². The summed E-state index contributed by atoms with van der Waals surface area (Å²) in [6, 6.07) is 0. The molecule has 1 saturated heterocycles. The van der Waals surface area contributed by atoms with Crippen molar-refractivity contribution >= 4 is 0 Å². The van der Waals surface area contributed by atoms with Crippen molar-refractivity contribution in [1.29, 1.82) is 0 Å². The maximum absolute atomic E-state index is 3.46. The van der Waals surface area contributed by atoms with Crippen LogP contribution in [-0.4, -0.2) is 29.7 Å². The maximum Gasteiger partial charge on any atom is 0.0657 e. The Morgan fingerprint density at radius 3 is 1.58 bits per heavy atom. The lowest BCUT2D eigenvalue weighted by atomic mass is 10.1. The lowest BCUT2D eigenvalue weighted by molar-refractivity contribution is 0.110. The Morgan fingerprint density at radius 1 is 1.08 bits per heavy atom. The summed E-state index contributed by atoms with van der Waals surface area (Å²) in [5.74, 6) is 0. The first-order chi connectivity index (χ1) is 5.36. The molecule has 1 aliphatic heterocycles. The van der Waals surface area contributed by atoms with Gasteiger partial charge in [-0.15, -0.1) is 0 Å². The van der Waals surface area contributed by atoms with Gasteiger partial charge in [0.05, 0.1) is 5.66 Å². The number of rotatable bonds is 0. The van der Waals surface area contributed by atoms with E-state index in [9.17, 15) is 0 Å². The summed E-state index contributed by atoms with van der Waals surface area (Å²) >= 11 is 0. The molecule has 2 nitrogen and oxygen atoms in total. The third-order valence-corrected chi connectivity index (χ3v) is 2.70. The predicted octanol–water partition coefficient (Wildman–Crippen LogP) is 2.06. The van der Waals surface area contributed by atoms with Gasteiger partial charge in [-0.05, 0) is 34.7 Å². The van der Waals surface area contributed by atoms with Crippen LogP contribution in [0.4, 0.5) is 0 Å². The number of likely N-dealkylation sites (N-methyl/N-ethyl adjacent to an activating group) is 1. The van der Waals surface area contributed by atoms with Gasteiger partial charge in [-0.1, -0.05) is 13.8 Å². The summed E-state index contributed by atoms with van der Waals surface area (Å²) in [6.07, 6.45) is 0. The molecule has 0 aliphatic carbocycles. The minimum atomic E-state index is 0.170. The zero-order valence-corrected chi connectivity index (χ0v) is 9.65. The molecule has 12 heavy (non-hydrogen) atoms. The van der Waals surface area contributed by atoms with Crippen LogP contribution in [0.1, 0.15) is 41.5 Å². The van der Waals surface area contributed by atoms with E-state index in [-0.39, 0.29) is 5.66 Å². The average Bonchev–Trinajstić information content (AvgIpc) is 2.19. The molecule has 1 aliphatic rings. The molecule has 1 rings (SSSR count). The smallest absolute Gasteiger partial charge is 0.0657 e. The van der Waals surface area contributed by atoms with Gasteiger partial charge in [0.15, 0.2) is 0 Å². The quantitative estimate of drug-likeness (QED) is 0.601. The van der Waals surface area contributed by atoms with E-state index < -0.39 is 0 Å². The molecule has 2 heteroatoms. The number of hydrogen-bond acceptors (Lipinski definition) is 2. The second-order valence-corrected chi connectivity index (χ2v) is 4.28. The molecule has 74 valence electrons. The van der Waals surface area contributed by atoms with E-state index in [2.05, 4.69) is 45.0 Å². The molecule has 0 radical (unpaired) electrons. The Kier molecular flexibility index (Phi) is 3.73. The lowest BCUT2D eigenvalue weighted by Crippen LogP contribution is -2.48. The van der Waals surface area contributed by atoms with Crippen LogP contribution in [-0.2, 0) is 0 Å². The molecule has 0 spiro atoms. The van der Waals surface area contributed by atoms with E-state index >= 15 is 0 Å². The summed E-state index contributed by atoms with van der Waals surface area (Å²) in [5.41, 5.74) is 0.479. The zero-order chi connectivity index (χ0) is 9.99. The van der Waals surface area contributed by atoms with E-state index in [1.165, 1.54) is 0 Å². The van der Waals surface area contributed by atoms with Crippen LogP contribution in [0, 0.1) is 0 Å². The van der Waals surface area contributed by atoms with Gasteiger partial charge in [0.2, 0.25) is 0 Å². The summed E-state index contributed by atoms with van der Waals surface area (Å²) in [4.78, 5) is 2.38. The molecule has 0 saturated carbocycles. The normalized spacial score (nSPS) is 26.2. The Hall–Kier alpha value is -0.0800. The SMILES string of the molecule is CC.CN1C(C)(C)CNC1(C)C. The van der Waals surface area contributed by atoms with Gasteiger partial charge in [-0.3, -0.25) is 10.2 Å². The molecule has 0 atom stereocenters. The third kappa shape index (κ3) is 2.20. The minimum Gasteiger partial charge on any atom is -0.298 e. The first-order valence-corrected chi connectivity index (χ1v) is 4.85. The summed E-state index contributed by atoms with van der Waals surface area (Å²) in [7, 11) is 2.17. The first-order valence-electron chi connectivity index (χ1n) is 4.85. The average molecular weight is 172 g/mol. The summed E-state index contributed by atoms with van der Waals surface area (Å²) in [6.45, 7) is 14.0. The van der Waals surface area contributed by atoms with Crippen molar-refractivity contribution in [3.63, 3.8) is 0 Å². The second-order valence-electron chi connectivity index (χ2n) is 4.28. The fraction of sp³-hybridized carbons (Fsp3) is 1.00. The highest BCUT2D eigenvalue weighted by Crippen LogP contribution is 2.26. The van der Waals surface area contributed by atoms with Crippen molar-refractivity contribution in [2.45, 2.75) is 52.7 Å². The van der Waals surface area contributed by atoms with Gasteiger partial charge >= 0.3 is 0 Å². The van der Waals surface area contributed by atoms with Crippen molar-refractivity contribution < 1.29 is 0 Å². The standard InChI is InChI=1S/C8H18N2.C2H6/c1-7(2)6-9-8(3,4)10(7)5;1-2/h9H,6H2,1-5H3;1-2H3. The molecule has 0 aromatic heterocycles. The van der Waals surface area contributed by atoms with Crippen LogP contribution in [0.2, 0.25) is 0 Å². The van der Waals surface area contributed by atoms with Crippen LogP contribution < -0.4 is 5.32 Å². The third-order valence-electron chi connectivity index (χ3n) is 2.70. The second kappa shape index (κ2) is 3.75. The highest BCUT2D eigenvalue weighted by molar-refractivity contribution is 4.97. The van der Waals surface area contributed by atoms with Gasteiger partial charge in [-0.2, -0.15) is 0 Å². The highest BCUT2D eigenvalue weighted by Gasteiger charge is 2.41. The molecular formula is C10H24N2. The molecule has 1 fully saturated rings. The van der Waals surface area contributed by atoms with Crippen molar-refractivity contribution in [3.05, 3.63) is 0 Å². The fourth-order valence-corrected chi connectivity index (χ4v) is 1.43. The minimum absolute atomic E-state index is 0.170. The fourth-order valence-electron chi connectivity index (χ4n) is 1.43. The molecule has 0 aromatic carbocycles. The zero-order valence-electron chi connectivity index (χ0n) is 9.65. The molecule has 1 N–H and O–H groups in total. The van der Waals surface area contributed by atoms with Gasteiger partial charge in [0.1, 0.15) is 0 Å². The predicted molar refractivity (Wildman–Crippen MR) is 55.3 cm³/mol. The summed E-state index contributed by atoms with van der Waals surface area (Å²) < 4.78 is 0. The van der Waals surface area contributed by atoms with Gasteiger partial charge < -0.3 is 0 Å². The first kappa shape index (κ1) is 11.9. The molecule has 0 amide bonds. The van der Waals surface area contributed by atoms with Crippen LogP contribution in [0.15, 0.2) is 0 Å². The van der Waals surface area contributed by atoms with Crippen molar-refractivity contribution in [2.75, 3.05) is 13.6 Å². The Balaban J connectivity index is 0.000000561. The van der Waals surface area contributed by atoms with E-state index in [4.69, 9.17) is 0 Å². The van der Waals surface area contributed by atoms with Crippen LogP contribution >= 0.6 is 0 Å². The molecule has 0 bridgehead atoms. The van der Waals surface area contributed by atoms with Crippen LogP contribution in [0.5, 0.6) is 0 Å². The van der Waals surface area contributed by atoms with Gasteiger partial charge in [0, 0.05) is 12.1 Å². The molecule has 1 heterocycles.